The van der Waals surface area contributed by atoms with E-state index in [1.54, 1.807) is 11.3 Å². The Hall–Kier alpha value is -1.55. The molecule has 1 aromatic carbocycles. The van der Waals surface area contributed by atoms with Gasteiger partial charge < -0.3 is 10.1 Å². The molecule has 0 fully saturated rings. The van der Waals surface area contributed by atoms with Crippen LogP contribution >= 0.6 is 11.3 Å². The van der Waals surface area contributed by atoms with E-state index in [9.17, 15) is 0 Å². The van der Waals surface area contributed by atoms with Gasteiger partial charge in [0, 0.05) is 5.38 Å². The summed E-state index contributed by atoms with van der Waals surface area (Å²) in [5, 5.41) is 6.54. The molecule has 18 heavy (non-hydrogen) atoms. The molecule has 96 valence electrons. The maximum absolute atomic E-state index is 5.76. The number of hydrogen-bond acceptors (Lipinski definition) is 4. The van der Waals surface area contributed by atoms with Gasteiger partial charge in [-0.3, -0.25) is 0 Å². The molecular weight excluding hydrogens is 244 g/mol. The molecule has 0 unspecified atom stereocenters. The SMILES string of the molecule is Cc1nc(CNc2ccccc2OC(C)C)cs1. The van der Waals surface area contributed by atoms with Crippen molar-refractivity contribution >= 4 is 17.0 Å². The van der Waals surface area contributed by atoms with Gasteiger partial charge in [-0.1, -0.05) is 12.1 Å². The monoisotopic (exact) mass is 262 g/mol. The summed E-state index contributed by atoms with van der Waals surface area (Å²) in [7, 11) is 0. The summed E-state index contributed by atoms with van der Waals surface area (Å²) in [6.45, 7) is 6.80. The molecule has 4 heteroatoms. The van der Waals surface area contributed by atoms with Gasteiger partial charge in [-0.05, 0) is 32.9 Å². The van der Waals surface area contributed by atoms with Gasteiger partial charge in [0.05, 0.1) is 29.0 Å². The predicted molar refractivity (Wildman–Crippen MR) is 76.4 cm³/mol. The first-order chi connectivity index (χ1) is 8.65. The van der Waals surface area contributed by atoms with E-state index in [0.29, 0.717) is 0 Å². The van der Waals surface area contributed by atoms with Gasteiger partial charge in [0.15, 0.2) is 0 Å². The fourth-order valence-electron chi connectivity index (χ4n) is 1.64. The van der Waals surface area contributed by atoms with E-state index < -0.39 is 0 Å². The smallest absolute Gasteiger partial charge is 0.142 e. The zero-order chi connectivity index (χ0) is 13.0. The number of nitrogens with one attached hydrogen (secondary N) is 1. The Morgan fingerprint density at radius 2 is 2.11 bits per heavy atom. The zero-order valence-electron chi connectivity index (χ0n) is 10.9. The molecule has 0 aliphatic carbocycles. The van der Waals surface area contributed by atoms with Crippen molar-refractivity contribution in [1.82, 2.24) is 4.98 Å². The molecule has 0 amide bonds. The highest BCUT2D eigenvalue weighted by Crippen LogP contribution is 2.25. The Balaban J connectivity index is 2.04. The standard InChI is InChI=1S/C14H18N2OS/c1-10(2)17-14-7-5-4-6-13(14)15-8-12-9-18-11(3)16-12/h4-7,9-10,15H,8H2,1-3H3. The largest absolute Gasteiger partial charge is 0.489 e. The van der Waals surface area contributed by atoms with Crippen molar-refractivity contribution in [3.05, 3.63) is 40.3 Å². The molecule has 0 aliphatic heterocycles. The number of ether oxygens (including phenoxy) is 1. The summed E-state index contributed by atoms with van der Waals surface area (Å²) >= 11 is 1.67. The molecule has 2 rings (SSSR count). The highest BCUT2D eigenvalue weighted by molar-refractivity contribution is 7.09. The summed E-state index contributed by atoms with van der Waals surface area (Å²) in [4.78, 5) is 4.43. The highest BCUT2D eigenvalue weighted by atomic mass is 32.1. The number of benzene rings is 1. The molecule has 0 saturated carbocycles. The van der Waals surface area contributed by atoms with E-state index >= 15 is 0 Å². The lowest BCUT2D eigenvalue weighted by Crippen LogP contribution is -2.08. The van der Waals surface area contributed by atoms with E-state index in [0.717, 1.165) is 28.7 Å². The van der Waals surface area contributed by atoms with Crippen LogP contribution in [0.1, 0.15) is 24.5 Å². The van der Waals surface area contributed by atoms with Crippen molar-refractivity contribution in [3.63, 3.8) is 0 Å². The van der Waals surface area contributed by atoms with E-state index in [1.807, 2.05) is 45.0 Å². The summed E-state index contributed by atoms with van der Waals surface area (Å²) in [6, 6.07) is 7.99. The summed E-state index contributed by atoms with van der Waals surface area (Å²) in [6.07, 6.45) is 0.175. The lowest BCUT2D eigenvalue weighted by molar-refractivity contribution is 0.243. The third kappa shape index (κ3) is 3.47. The van der Waals surface area contributed by atoms with Crippen LogP contribution in [0.5, 0.6) is 5.75 Å². The summed E-state index contributed by atoms with van der Waals surface area (Å²) < 4.78 is 5.76. The average molecular weight is 262 g/mol. The van der Waals surface area contributed by atoms with E-state index in [1.165, 1.54) is 0 Å². The second-order valence-electron chi connectivity index (χ2n) is 4.37. The number of anilines is 1. The first kappa shape index (κ1) is 12.9. The maximum atomic E-state index is 5.76. The average Bonchev–Trinajstić information content (AvgIpc) is 2.73. The van der Waals surface area contributed by atoms with Gasteiger partial charge in [0.1, 0.15) is 5.75 Å². The van der Waals surface area contributed by atoms with Crippen LogP contribution in [0, 0.1) is 6.92 Å². The molecule has 1 N–H and O–H groups in total. The Bertz CT molecular complexity index is 508. The van der Waals surface area contributed by atoms with Gasteiger partial charge in [-0.2, -0.15) is 0 Å². The van der Waals surface area contributed by atoms with Gasteiger partial charge in [-0.15, -0.1) is 11.3 Å². The van der Waals surface area contributed by atoms with Gasteiger partial charge in [-0.25, -0.2) is 4.98 Å². The molecule has 0 saturated heterocycles. The normalized spacial score (nSPS) is 10.7. The zero-order valence-corrected chi connectivity index (χ0v) is 11.8. The molecule has 2 aromatic rings. The molecular formula is C14H18N2OS. The quantitative estimate of drug-likeness (QED) is 0.888. The highest BCUT2D eigenvalue weighted by Gasteiger charge is 2.05. The maximum Gasteiger partial charge on any atom is 0.142 e. The molecule has 0 spiro atoms. The third-order valence-electron chi connectivity index (χ3n) is 2.38. The van der Waals surface area contributed by atoms with Crippen LogP contribution in [0.3, 0.4) is 0 Å². The Morgan fingerprint density at radius 3 is 2.78 bits per heavy atom. The Morgan fingerprint density at radius 1 is 1.33 bits per heavy atom. The Labute approximate surface area is 112 Å². The van der Waals surface area contributed by atoms with Crippen LogP contribution in [-0.2, 0) is 6.54 Å². The van der Waals surface area contributed by atoms with Crippen LogP contribution in [-0.4, -0.2) is 11.1 Å². The minimum absolute atomic E-state index is 0.175. The van der Waals surface area contributed by atoms with Crippen LogP contribution in [0.25, 0.3) is 0 Å². The van der Waals surface area contributed by atoms with Crippen molar-refractivity contribution in [3.8, 4) is 5.75 Å². The predicted octanol–water partition coefficient (Wildman–Crippen LogP) is 3.85. The number of para-hydroxylation sites is 2. The molecule has 1 heterocycles. The molecule has 0 atom stereocenters. The van der Waals surface area contributed by atoms with Crippen LogP contribution < -0.4 is 10.1 Å². The van der Waals surface area contributed by atoms with Crippen LogP contribution in [0.4, 0.5) is 5.69 Å². The van der Waals surface area contributed by atoms with Gasteiger partial charge in [0.2, 0.25) is 0 Å². The minimum Gasteiger partial charge on any atom is -0.489 e. The van der Waals surface area contributed by atoms with Crippen molar-refractivity contribution in [2.24, 2.45) is 0 Å². The fourth-order valence-corrected chi connectivity index (χ4v) is 2.26. The van der Waals surface area contributed by atoms with Crippen molar-refractivity contribution in [1.29, 1.82) is 0 Å². The van der Waals surface area contributed by atoms with Gasteiger partial charge in [0.25, 0.3) is 0 Å². The topological polar surface area (TPSA) is 34.2 Å². The second-order valence-corrected chi connectivity index (χ2v) is 5.44. The molecule has 1 aromatic heterocycles. The number of aryl methyl sites for hydroxylation is 1. The molecule has 3 nitrogen and oxygen atoms in total. The second kappa shape index (κ2) is 5.87. The number of hydrogen-bond donors (Lipinski definition) is 1. The van der Waals surface area contributed by atoms with Crippen LogP contribution in [0.15, 0.2) is 29.6 Å². The fraction of sp³-hybridized carbons (Fsp3) is 0.357. The van der Waals surface area contributed by atoms with Crippen molar-refractivity contribution in [2.75, 3.05) is 5.32 Å². The summed E-state index contributed by atoms with van der Waals surface area (Å²) in [5.74, 6) is 0.888. The molecule has 0 bridgehead atoms. The van der Waals surface area contributed by atoms with Crippen LogP contribution in [0.2, 0.25) is 0 Å². The Kier molecular flexibility index (Phi) is 4.20. The first-order valence-corrected chi connectivity index (χ1v) is 6.93. The van der Waals surface area contributed by atoms with E-state index in [-0.39, 0.29) is 6.10 Å². The first-order valence-electron chi connectivity index (χ1n) is 6.05. The molecule has 0 aliphatic rings. The van der Waals surface area contributed by atoms with Gasteiger partial charge >= 0.3 is 0 Å². The number of thiazole rings is 1. The van der Waals surface area contributed by atoms with Crippen molar-refractivity contribution < 1.29 is 4.74 Å². The minimum atomic E-state index is 0.175. The number of aromatic nitrogens is 1. The molecule has 0 radical (unpaired) electrons. The summed E-state index contributed by atoms with van der Waals surface area (Å²) in [5.41, 5.74) is 2.08. The number of nitrogens with zero attached hydrogens (tertiary/aromatic N) is 1. The van der Waals surface area contributed by atoms with Crippen molar-refractivity contribution in [2.45, 2.75) is 33.4 Å². The van der Waals surface area contributed by atoms with E-state index in [4.69, 9.17) is 4.74 Å². The lowest BCUT2D eigenvalue weighted by Gasteiger charge is -2.14. The van der Waals surface area contributed by atoms with E-state index in [2.05, 4.69) is 15.7 Å². The lowest BCUT2D eigenvalue weighted by atomic mass is 10.3. The third-order valence-corrected chi connectivity index (χ3v) is 3.20. The number of rotatable bonds is 5.